The van der Waals surface area contributed by atoms with Crippen LogP contribution in [0.5, 0.6) is 5.75 Å². The van der Waals surface area contributed by atoms with Gasteiger partial charge in [-0.2, -0.15) is 8.42 Å². The van der Waals surface area contributed by atoms with E-state index in [-0.39, 0.29) is 5.96 Å². The minimum Gasteiger partial charge on any atom is -0.496 e. The number of nitrogens with two attached hydrogens (primary N) is 2. The van der Waals surface area contributed by atoms with Gasteiger partial charge in [0.25, 0.3) is 0 Å². The number of nitrogens with zero attached hydrogens (tertiary/aromatic N) is 1. The number of hydrogen-bond donors (Lipinski definition) is 4. The van der Waals surface area contributed by atoms with Crippen molar-refractivity contribution in [3.8, 4) is 5.75 Å². The van der Waals surface area contributed by atoms with E-state index in [2.05, 4.69) is 4.99 Å². The highest BCUT2D eigenvalue weighted by atomic mass is 32.3. The summed E-state index contributed by atoms with van der Waals surface area (Å²) in [6, 6.07) is 7.61. The Morgan fingerprint density at radius 1 is 1.33 bits per heavy atom. The Balaban J connectivity index is 0.000000494. The van der Waals surface area contributed by atoms with Crippen molar-refractivity contribution in [1.29, 1.82) is 0 Å². The van der Waals surface area contributed by atoms with Gasteiger partial charge in [0.05, 0.1) is 13.7 Å². The van der Waals surface area contributed by atoms with Gasteiger partial charge in [-0.05, 0) is 6.07 Å². The van der Waals surface area contributed by atoms with Gasteiger partial charge in [0, 0.05) is 5.56 Å². The van der Waals surface area contributed by atoms with E-state index in [0.717, 1.165) is 11.3 Å². The van der Waals surface area contributed by atoms with Gasteiger partial charge in [-0.25, -0.2) is 4.99 Å². The molecule has 102 valence electrons. The topological polar surface area (TPSA) is 148 Å². The van der Waals surface area contributed by atoms with Gasteiger partial charge in [0.1, 0.15) is 5.75 Å². The Bertz CT molecular complexity index is 489. The van der Waals surface area contributed by atoms with E-state index >= 15 is 0 Å². The Morgan fingerprint density at radius 2 is 1.83 bits per heavy atom. The van der Waals surface area contributed by atoms with Crippen LogP contribution >= 0.6 is 0 Å². The van der Waals surface area contributed by atoms with Crippen LogP contribution < -0.4 is 16.2 Å². The first kappa shape index (κ1) is 16.2. The van der Waals surface area contributed by atoms with E-state index in [1.807, 2.05) is 24.3 Å². The molecule has 0 aromatic heterocycles. The molecule has 0 spiro atoms. The van der Waals surface area contributed by atoms with Crippen molar-refractivity contribution >= 4 is 16.4 Å². The van der Waals surface area contributed by atoms with Crippen LogP contribution in [0.3, 0.4) is 0 Å². The Kier molecular flexibility index (Phi) is 6.71. The molecule has 0 saturated carbocycles. The highest BCUT2D eigenvalue weighted by Gasteiger charge is 1.99. The second-order valence-corrected chi connectivity index (χ2v) is 3.90. The molecule has 8 nitrogen and oxygen atoms in total. The summed E-state index contributed by atoms with van der Waals surface area (Å²) in [5.41, 5.74) is 11.4. The zero-order valence-electron chi connectivity index (χ0n) is 9.65. The van der Waals surface area contributed by atoms with E-state index in [9.17, 15) is 0 Å². The average Bonchev–Trinajstić information content (AvgIpc) is 2.24. The van der Waals surface area contributed by atoms with Crippen molar-refractivity contribution in [2.45, 2.75) is 6.54 Å². The first-order chi connectivity index (χ1) is 8.24. The number of hydrogen-bond acceptors (Lipinski definition) is 4. The fourth-order valence-corrected chi connectivity index (χ4v) is 1.01. The molecule has 6 N–H and O–H groups in total. The van der Waals surface area contributed by atoms with Crippen LogP contribution in [-0.2, 0) is 16.9 Å². The second kappa shape index (κ2) is 7.48. The lowest BCUT2D eigenvalue weighted by Crippen LogP contribution is -2.22. The lowest BCUT2D eigenvalue weighted by molar-refractivity contribution is 0.381. The summed E-state index contributed by atoms with van der Waals surface area (Å²) < 4.78 is 36.7. The molecule has 0 amide bonds. The first-order valence-electron chi connectivity index (χ1n) is 4.61. The van der Waals surface area contributed by atoms with E-state index in [0.29, 0.717) is 6.54 Å². The molecule has 0 aliphatic heterocycles. The molecule has 0 saturated heterocycles. The number of aliphatic imine (C=N–C) groups is 1. The van der Waals surface area contributed by atoms with Crippen LogP contribution in [0.15, 0.2) is 29.3 Å². The predicted molar refractivity (Wildman–Crippen MR) is 66.7 cm³/mol. The van der Waals surface area contributed by atoms with Crippen LogP contribution in [0.4, 0.5) is 0 Å². The van der Waals surface area contributed by atoms with E-state index in [4.69, 9.17) is 33.7 Å². The third-order valence-corrected chi connectivity index (χ3v) is 1.62. The molecule has 1 aromatic rings. The van der Waals surface area contributed by atoms with Crippen molar-refractivity contribution in [1.82, 2.24) is 0 Å². The fourth-order valence-electron chi connectivity index (χ4n) is 1.01. The maximum Gasteiger partial charge on any atom is 0.394 e. The van der Waals surface area contributed by atoms with Crippen LogP contribution in [0.2, 0.25) is 0 Å². The molecule has 0 aliphatic rings. The van der Waals surface area contributed by atoms with Crippen molar-refractivity contribution in [2.24, 2.45) is 16.5 Å². The smallest absolute Gasteiger partial charge is 0.394 e. The summed E-state index contributed by atoms with van der Waals surface area (Å²) in [5.74, 6) is 0.887. The molecule has 0 radical (unpaired) electrons. The normalized spacial score (nSPS) is 9.94. The summed E-state index contributed by atoms with van der Waals surface area (Å²) >= 11 is 0. The molecule has 9 heteroatoms. The van der Waals surface area contributed by atoms with E-state index < -0.39 is 10.4 Å². The molecular weight excluding hydrogens is 262 g/mol. The third kappa shape index (κ3) is 9.39. The minimum absolute atomic E-state index is 0.0888. The molecule has 18 heavy (non-hydrogen) atoms. The second-order valence-electron chi connectivity index (χ2n) is 3.00. The Hall–Kier alpha value is -1.84. The first-order valence-corrected chi connectivity index (χ1v) is 6.01. The SMILES string of the molecule is COc1ccccc1CN=C(N)N.O=S(=O)(O)O. The third-order valence-electron chi connectivity index (χ3n) is 1.62. The molecule has 0 unspecified atom stereocenters. The van der Waals surface area contributed by atoms with Gasteiger partial charge in [0.2, 0.25) is 0 Å². The highest BCUT2D eigenvalue weighted by molar-refractivity contribution is 7.79. The number of rotatable bonds is 3. The van der Waals surface area contributed by atoms with E-state index in [1.165, 1.54) is 0 Å². The van der Waals surface area contributed by atoms with Crippen LogP contribution in [0.1, 0.15) is 5.56 Å². The predicted octanol–water partition coefficient (Wildman–Crippen LogP) is -0.184. The molecule has 1 rings (SSSR count). The summed E-state index contributed by atoms with van der Waals surface area (Å²) in [7, 11) is -3.05. The summed E-state index contributed by atoms with van der Waals surface area (Å²) in [6.07, 6.45) is 0. The van der Waals surface area contributed by atoms with Crippen molar-refractivity contribution in [3.63, 3.8) is 0 Å². The van der Waals surface area contributed by atoms with Gasteiger partial charge < -0.3 is 16.2 Å². The molecule has 0 aliphatic carbocycles. The number of benzene rings is 1. The Labute approximate surface area is 105 Å². The van der Waals surface area contributed by atoms with Gasteiger partial charge in [-0.1, -0.05) is 18.2 Å². The molecule has 0 bridgehead atoms. The summed E-state index contributed by atoms with van der Waals surface area (Å²) in [4.78, 5) is 3.90. The number of methoxy groups -OCH3 is 1. The van der Waals surface area contributed by atoms with Crippen LogP contribution in [0, 0.1) is 0 Å². The zero-order valence-corrected chi connectivity index (χ0v) is 10.5. The van der Waals surface area contributed by atoms with Crippen LogP contribution in [-0.4, -0.2) is 30.6 Å². The highest BCUT2D eigenvalue weighted by Crippen LogP contribution is 2.17. The monoisotopic (exact) mass is 277 g/mol. The van der Waals surface area contributed by atoms with Gasteiger partial charge >= 0.3 is 10.4 Å². The molecule has 0 heterocycles. The standard InChI is InChI=1S/C9H13N3O.H2O4S/c1-13-8-5-3-2-4-7(8)6-12-9(10)11;1-5(2,3)4/h2-5H,6H2,1H3,(H4,10,11,12);(H2,1,2,3,4). The maximum atomic E-state index is 8.74. The molecule has 0 atom stereocenters. The molecule has 0 fully saturated rings. The lowest BCUT2D eigenvalue weighted by Gasteiger charge is -2.04. The maximum absolute atomic E-state index is 8.74. The van der Waals surface area contributed by atoms with Crippen molar-refractivity contribution in [2.75, 3.05) is 7.11 Å². The zero-order chi connectivity index (χ0) is 14.2. The lowest BCUT2D eigenvalue weighted by atomic mass is 10.2. The molecule has 1 aromatic carbocycles. The largest absolute Gasteiger partial charge is 0.496 e. The average molecular weight is 277 g/mol. The van der Waals surface area contributed by atoms with Crippen molar-refractivity contribution < 1.29 is 22.3 Å². The van der Waals surface area contributed by atoms with Crippen molar-refractivity contribution in [3.05, 3.63) is 29.8 Å². The number of para-hydroxylation sites is 1. The Morgan fingerprint density at radius 3 is 2.28 bits per heavy atom. The number of ether oxygens (including phenoxy) is 1. The molecular formula is C9H15N3O5S. The minimum atomic E-state index is -4.67. The number of guanidine groups is 1. The van der Waals surface area contributed by atoms with Gasteiger partial charge in [-0.3, -0.25) is 9.11 Å². The van der Waals surface area contributed by atoms with Gasteiger partial charge in [-0.15, -0.1) is 0 Å². The quantitative estimate of drug-likeness (QED) is 0.340. The summed E-state index contributed by atoms with van der Waals surface area (Å²) in [5, 5.41) is 0. The fraction of sp³-hybridized carbons (Fsp3) is 0.222. The van der Waals surface area contributed by atoms with Gasteiger partial charge in [0.15, 0.2) is 5.96 Å². The van der Waals surface area contributed by atoms with E-state index in [1.54, 1.807) is 7.11 Å². The summed E-state index contributed by atoms with van der Waals surface area (Å²) in [6.45, 7) is 0.451. The van der Waals surface area contributed by atoms with Crippen LogP contribution in [0.25, 0.3) is 0 Å².